The van der Waals surface area contributed by atoms with Crippen LogP contribution in [0.15, 0.2) is 33.5 Å². The fraction of sp³-hybridized carbons (Fsp3) is 0.500. The molecule has 46 heavy (non-hydrogen) atoms. The first-order valence-corrected chi connectivity index (χ1v) is 14.3. The predicted molar refractivity (Wildman–Crippen MR) is 155 cm³/mol. The van der Waals surface area contributed by atoms with E-state index in [1.165, 1.54) is 33.3 Å². The summed E-state index contributed by atoms with van der Waals surface area (Å²) in [6.07, 6.45) is -13.6. The molecule has 2 aliphatic rings. The molecule has 2 heterocycles. The van der Waals surface area contributed by atoms with Gasteiger partial charge in [0, 0.05) is 23.6 Å². The summed E-state index contributed by atoms with van der Waals surface area (Å²) in [5.74, 6) is -3.38. The largest absolute Gasteiger partial charge is 0.508 e. The van der Waals surface area contributed by atoms with Crippen LogP contribution in [0.4, 0.5) is 0 Å². The Morgan fingerprint density at radius 2 is 1.46 bits per heavy atom. The smallest absolute Gasteiger partial charge is 0.239 e. The molecule has 16 heteroatoms. The van der Waals surface area contributed by atoms with E-state index in [1.54, 1.807) is 0 Å². The number of rotatable bonds is 8. The van der Waals surface area contributed by atoms with Crippen molar-refractivity contribution in [3.8, 4) is 45.8 Å². The minimum Gasteiger partial charge on any atom is -0.508 e. The number of aromatic hydroxyl groups is 3. The molecule has 1 saturated carbocycles. The number of aliphatic hydroxyl groups excluding tert-OH is 6. The monoisotopic (exact) mass is 652 g/mol. The van der Waals surface area contributed by atoms with Crippen molar-refractivity contribution in [3.63, 3.8) is 0 Å². The molecule has 0 spiro atoms. The molecule has 0 radical (unpaired) electrons. The van der Waals surface area contributed by atoms with E-state index < -0.39 is 83.7 Å². The fourth-order valence-corrected chi connectivity index (χ4v) is 5.67. The van der Waals surface area contributed by atoms with E-state index in [4.69, 9.17) is 28.1 Å². The molecule has 10 atom stereocenters. The Bertz CT molecular complexity index is 1600. The summed E-state index contributed by atoms with van der Waals surface area (Å²) < 4.78 is 33.4. The van der Waals surface area contributed by atoms with Crippen LogP contribution < -0.4 is 19.6 Å². The van der Waals surface area contributed by atoms with Gasteiger partial charge in [-0.25, -0.2) is 0 Å². The standard InChI is InChI=1S/C30H36O16/c1-10-20(33)25(38)27(40)30(44-10)43-9-12-6-18(23(36)26(39)21(12)34)46-29-24(37)19-14(32)7-13(31)8-15(19)45-28(29)11-4-16(41-2)22(35)17(5-11)42-3/h4-5,7-8,10,12,18,20-21,23,25-27,30-36,38-40H,6,9H2,1-3H3/t10-,12+,18-,20-,21-,23-,25+,26+,27+,30-/m0/s1. The SMILES string of the molecule is COc1cc(-c2oc3cc(O)cc(O)c3c(=O)c2O[C@H]2C[C@H](CO[C@H]3O[C@@H](C)[C@H](O)[C@@H](O)[C@H]3O)[C@H](O)[C@@H](O)[C@H]2O)cc(OC)c1O. The number of hydrogen-bond donors (Lipinski definition) is 9. The van der Waals surface area contributed by atoms with Crippen molar-refractivity contribution in [2.24, 2.45) is 5.92 Å². The lowest BCUT2D eigenvalue weighted by atomic mass is 9.81. The molecule has 0 amide bonds. The highest BCUT2D eigenvalue weighted by Gasteiger charge is 2.47. The van der Waals surface area contributed by atoms with Crippen LogP contribution in [0.1, 0.15) is 13.3 Å². The van der Waals surface area contributed by atoms with Crippen molar-refractivity contribution in [1.29, 1.82) is 0 Å². The van der Waals surface area contributed by atoms with E-state index >= 15 is 0 Å². The molecule has 2 fully saturated rings. The average molecular weight is 653 g/mol. The van der Waals surface area contributed by atoms with Crippen molar-refractivity contribution in [2.45, 2.75) is 68.5 Å². The van der Waals surface area contributed by atoms with Crippen molar-refractivity contribution in [1.82, 2.24) is 0 Å². The predicted octanol–water partition coefficient (Wildman–Crippen LogP) is -0.712. The number of fused-ring (bicyclic) bond motifs is 1. The number of ether oxygens (including phenoxy) is 5. The molecule has 3 aromatic rings. The second-order valence-corrected chi connectivity index (χ2v) is 11.3. The summed E-state index contributed by atoms with van der Waals surface area (Å²) >= 11 is 0. The van der Waals surface area contributed by atoms with Gasteiger partial charge < -0.3 is 74.1 Å². The summed E-state index contributed by atoms with van der Waals surface area (Å²) in [6, 6.07) is 4.59. The van der Waals surface area contributed by atoms with Gasteiger partial charge in [0.1, 0.15) is 59.1 Å². The first-order chi connectivity index (χ1) is 21.8. The van der Waals surface area contributed by atoms with Gasteiger partial charge in [-0.15, -0.1) is 0 Å². The highest BCUT2D eigenvalue weighted by atomic mass is 16.7. The van der Waals surface area contributed by atoms with Crippen molar-refractivity contribution in [3.05, 3.63) is 34.5 Å². The minimum absolute atomic E-state index is 0.0747. The van der Waals surface area contributed by atoms with Gasteiger partial charge in [0.25, 0.3) is 0 Å². The Morgan fingerprint density at radius 3 is 2.09 bits per heavy atom. The number of phenolic OH excluding ortho intramolecular Hbond substituents is 3. The third kappa shape index (κ3) is 6.01. The second kappa shape index (κ2) is 13.1. The quantitative estimate of drug-likeness (QED) is 0.146. The zero-order valence-electron chi connectivity index (χ0n) is 24.9. The molecule has 5 rings (SSSR count). The van der Waals surface area contributed by atoms with Gasteiger partial charge in [0.15, 0.2) is 23.5 Å². The summed E-state index contributed by atoms with van der Waals surface area (Å²) in [6.45, 7) is 1.08. The van der Waals surface area contributed by atoms with E-state index in [0.29, 0.717) is 0 Å². The second-order valence-electron chi connectivity index (χ2n) is 11.3. The van der Waals surface area contributed by atoms with Crippen LogP contribution in [0, 0.1) is 5.92 Å². The normalized spacial score (nSPS) is 31.5. The van der Waals surface area contributed by atoms with Crippen LogP contribution >= 0.6 is 0 Å². The van der Waals surface area contributed by atoms with Crippen LogP contribution in [-0.2, 0) is 9.47 Å². The van der Waals surface area contributed by atoms with Gasteiger partial charge in [-0.05, 0) is 25.5 Å². The first kappa shape index (κ1) is 33.5. The van der Waals surface area contributed by atoms with Crippen LogP contribution in [0.3, 0.4) is 0 Å². The molecule has 252 valence electrons. The highest BCUT2D eigenvalue weighted by molar-refractivity contribution is 5.88. The molecule has 2 aromatic carbocycles. The first-order valence-electron chi connectivity index (χ1n) is 14.3. The van der Waals surface area contributed by atoms with E-state index in [2.05, 4.69) is 0 Å². The maximum atomic E-state index is 13.8. The zero-order chi connectivity index (χ0) is 33.6. The molecule has 0 unspecified atom stereocenters. The number of phenols is 3. The van der Waals surface area contributed by atoms with Crippen molar-refractivity contribution in [2.75, 3.05) is 20.8 Å². The van der Waals surface area contributed by atoms with E-state index in [9.17, 15) is 50.8 Å². The molecular weight excluding hydrogens is 616 g/mol. The van der Waals surface area contributed by atoms with Crippen LogP contribution in [0.25, 0.3) is 22.3 Å². The lowest BCUT2D eigenvalue weighted by Crippen LogP contribution is -2.59. The van der Waals surface area contributed by atoms with E-state index in [-0.39, 0.29) is 52.6 Å². The van der Waals surface area contributed by atoms with Crippen LogP contribution in [0.5, 0.6) is 34.5 Å². The Hall–Kier alpha value is -3.87. The van der Waals surface area contributed by atoms with E-state index in [0.717, 1.165) is 12.1 Å². The Kier molecular flexibility index (Phi) is 9.53. The van der Waals surface area contributed by atoms with Gasteiger partial charge >= 0.3 is 0 Å². The number of benzene rings is 2. The van der Waals surface area contributed by atoms with Gasteiger partial charge in [-0.1, -0.05) is 0 Å². The lowest BCUT2D eigenvalue weighted by Gasteiger charge is -2.42. The Labute approximate surface area is 260 Å². The fourth-order valence-electron chi connectivity index (χ4n) is 5.67. The van der Waals surface area contributed by atoms with Gasteiger partial charge in [-0.3, -0.25) is 4.79 Å². The summed E-state index contributed by atoms with van der Waals surface area (Å²) in [7, 11) is 2.55. The minimum atomic E-state index is -1.80. The molecule has 0 bridgehead atoms. The van der Waals surface area contributed by atoms with Gasteiger partial charge in [0.05, 0.1) is 33.0 Å². The molecule has 1 aliphatic heterocycles. The topological polar surface area (TPSA) is 258 Å². The number of hydrogen-bond acceptors (Lipinski definition) is 16. The third-order valence-corrected chi connectivity index (χ3v) is 8.31. The van der Waals surface area contributed by atoms with Gasteiger partial charge in [0.2, 0.25) is 16.9 Å². The summed E-state index contributed by atoms with van der Waals surface area (Å²) in [5, 5.41) is 93.3. The average Bonchev–Trinajstić information content (AvgIpc) is 3.02. The summed E-state index contributed by atoms with van der Waals surface area (Å²) in [5.41, 5.74) is -1.10. The zero-order valence-corrected chi connectivity index (χ0v) is 24.9. The Morgan fingerprint density at radius 1 is 0.826 bits per heavy atom. The highest BCUT2D eigenvalue weighted by Crippen LogP contribution is 2.44. The lowest BCUT2D eigenvalue weighted by molar-refractivity contribution is -0.299. The van der Waals surface area contributed by atoms with Crippen molar-refractivity contribution >= 4 is 11.0 Å². The Balaban J connectivity index is 1.52. The van der Waals surface area contributed by atoms with Crippen LogP contribution in [-0.4, -0.2) is 122 Å². The summed E-state index contributed by atoms with van der Waals surface area (Å²) in [4.78, 5) is 13.8. The molecule has 1 aromatic heterocycles. The van der Waals surface area contributed by atoms with Gasteiger partial charge in [-0.2, -0.15) is 0 Å². The van der Waals surface area contributed by atoms with Crippen molar-refractivity contribution < 1.29 is 74.1 Å². The maximum Gasteiger partial charge on any atom is 0.239 e. The third-order valence-electron chi connectivity index (χ3n) is 8.31. The molecule has 1 aliphatic carbocycles. The maximum absolute atomic E-state index is 13.8. The molecule has 16 nitrogen and oxygen atoms in total. The molecular formula is C30H36O16. The number of methoxy groups -OCH3 is 2. The molecule has 1 saturated heterocycles. The molecule has 9 N–H and O–H groups in total. The van der Waals surface area contributed by atoms with Crippen LogP contribution in [0.2, 0.25) is 0 Å². The van der Waals surface area contributed by atoms with E-state index in [1.807, 2.05) is 0 Å². The number of aliphatic hydroxyl groups is 6.